The van der Waals surface area contributed by atoms with Crippen molar-refractivity contribution in [2.24, 2.45) is 11.8 Å². The Bertz CT molecular complexity index is 284. The molecular weight excluding hydrogens is 188 g/mol. The Morgan fingerprint density at radius 3 is 2.93 bits per heavy atom. The molecule has 3 nitrogen and oxygen atoms in total. The lowest BCUT2D eigenvalue weighted by molar-refractivity contribution is 0.211. The highest BCUT2D eigenvalue weighted by Gasteiger charge is 2.32. The Kier molecular flexibility index (Phi) is 3.39. The van der Waals surface area contributed by atoms with Crippen molar-refractivity contribution >= 4 is 0 Å². The van der Waals surface area contributed by atoms with Crippen LogP contribution in [0.5, 0.6) is 0 Å². The molecule has 15 heavy (non-hydrogen) atoms. The van der Waals surface area contributed by atoms with Crippen LogP contribution in [0.4, 0.5) is 0 Å². The molecule has 1 saturated carbocycles. The van der Waals surface area contributed by atoms with E-state index in [-0.39, 0.29) is 0 Å². The minimum Gasteiger partial charge on any atom is -0.343 e. The molecule has 84 valence electrons. The zero-order valence-electron chi connectivity index (χ0n) is 9.65. The van der Waals surface area contributed by atoms with Crippen LogP contribution in [-0.4, -0.2) is 10.1 Å². The van der Waals surface area contributed by atoms with Crippen LogP contribution in [0.2, 0.25) is 0 Å². The average Bonchev–Trinajstić information content (AvgIpc) is 2.81. The standard InChI is InChI=1S/C12H20N2O/c1-3-9(2)10-6-4-5-7-11(10)12-13-8-15-14-12/h8-11H,3-7H2,1-2H3/t9-,10-,11?/m0/s1. The van der Waals surface area contributed by atoms with Crippen molar-refractivity contribution in [3.8, 4) is 0 Å². The van der Waals surface area contributed by atoms with Crippen molar-refractivity contribution in [2.75, 3.05) is 0 Å². The van der Waals surface area contributed by atoms with E-state index in [2.05, 4.69) is 24.0 Å². The number of hydrogen-bond donors (Lipinski definition) is 0. The minimum absolute atomic E-state index is 0.535. The lowest BCUT2D eigenvalue weighted by atomic mass is 9.72. The first-order valence-corrected chi connectivity index (χ1v) is 6.09. The summed E-state index contributed by atoms with van der Waals surface area (Å²) in [6.45, 7) is 4.62. The third-order valence-electron chi connectivity index (χ3n) is 3.90. The van der Waals surface area contributed by atoms with Crippen molar-refractivity contribution in [2.45, 2.75) is 51.9 Å². The van der Waals surface area contributed by atoms with Gasteiger partial charge in [0.1, 0.15) is 0 Å². The molecule has 0 bridgehead atoms. The van der Waals surface area contributed by atoms with Gasteiger partial charge in [0.15, 0.2) is 5.82 Å². The van der Waals surface area contributed by atoms with Gasteiger partial charge in [-0.2, -0.15) is 4.98 Å². The van der Waals surface area contributed by atoms with E-state index in [0.29, 0.717) is 5.92 Å². The second kappa shape index (κ2) is 4.77. The highest BCUT2D eigenvalue weighted by Crippen LogP contribution is 2.41. The van der Waals surface area contributed by atoms with Gasteiger partial charge in [-0.3, -0.25) is 0 Å². The quantitative estimate of drug-likeness (QED) is 0.764. The Hall–Kier alpha value is -0.860. The summed E-state index contributed by atoms with van der Waals surface area (Å²) >= 11 is 0. The summed E-state index contributed by atoms with van der Waals surface area (Å²) in [6, 6.07) is 0. The zero-order valence-corrected chi connectivity index (χ0v) is 9.65. The van der Waals surface area contributed by atoms with Gasteiger partial charge in [0.05, 0.1) is 0 Å². The summed E-state index contributed by atoms with van der Waals surface area (Å²) in [5.41, 5.74) is 0. The summed E-state index contributed by atoms with van der Waals surface area (Å²) in [5, 5.41) is 4.02. The smallest absolute Gasteiger partial charge is 0.213 e. The van der Waals surface area contributed by atoms with Gasteiger partial charge in [-0.25, -0.2) is 0 Å². The second-order valence-electron chi connectivity index (χ2n) is 4.73. The van der Waals surface area contributed by atoms with E-state index in [9.17, 15) is 0 Å². The average molecular weight is 208 g/mol. The molecule has 3 atom stereocenters. The minimum atomic E-state index is 0.535. The van der Waals surface area contributed by atoms with E-state index in [0.717, 1.165) is 17.7 Å². The van der Waals surface area contributed by atoms with Crippen molar-refractivity contribution in [1.82, 2.24) is 10.1 Å². The van der Waals surface area contributed by atoms with Gasteiger partial charge in [0.25, 0.3) is 0 Å². The molecule has 3 heteroatoms. The molecule has 0 aliphatic heterocycles. The molecule has 1 fully saturated rings. The lowest BCUT2D eigenvalue weighted by Gasteiger charge is -2.33. The first-order valence-electron chi connectivity index (χ1n) is 6.09. The molecule has 1 heterocycles. The van der Waals surface area contributed by atoms with E-state index in [1.54, 1.807) is 0 Å². The van der Waals surface area contributed by atoms with Crippen molar-refractivity contribution < 1.29 is 4.52 Å². The topological polar surface area (TPSA) is 38.9 Å². The third kappa shape index (κ3) is 2.21. The molecule has 0 amide bonds. The van der Waals surface area contributed by atoms with Crippen LogP contribution in [0.1, 0.15) is 57.7 Å². The molecule has 0 radical (unpaired) electrons. The first-order chi connectivity index (χ1) is 7.33. The molecule has 0 N–H and O–H groups in total. The normalized spacial score (nSPS) is 28.9. The second-order valence-corrected chi connectivity index (χ2v) is 4.73. The van der Waals surface area contributed by atoms with Gasteiger partial charge < -0.3 is 4.52 Å². The fraction of sp³-hybridized carbons (Fsp3) is 0.833. The maximum absolute atomic E-state index is 4.87. The molecule has 0 saturated heterocycles. The monoisotopic (exact) mass is 208 g/mol. The fourth-order valence-electron chi connectivity index (χ4n) is 2.81. The Morgan fingerprint density at radius 2 is 2.27 bits per heavy atom. The molecule has 0 aromatic carbocycles. The molecule has 1 aliphatic rings. The number of hydrogen-bond acceptors (Lipinski definition) is 3. The molecule has 1 aliphatic carbocycles. The summed E-state index contributed by atoms with van der Waals surface area (Å²) in [4.78, 5) is 4.23. The lowest BCUT2D eigenvalue weighted by Crippen LogP contribution is -2.24. The van der Waals surface area contributed by atoms with Gasteiger partial charge in [-0.05, 0) is 24.7 Å². The predicted molar refractivity (Wildman–Crippen MR) is 58.5 cm³/mol. The van der Waals surface area contributed by atoms with Gasteiger partial charge >= 0.3 is 0 Å². The van der Waals surface area contributed by atoms with Crippen LogP contribution >= 0.6 is 0 Å². The third-order valence-corrected chi connectivity index (χ3v) is 3.90. The molecular formula is C12H20N2O. The van der Waals surface area contributed by atoms with Crippen molar-refractivity contribution in [1.29, 1.82) is 0 Å². The van der Waals surface area contributed by atoms with Gasteiger partial charge in [0, 0.05) is 5.92 Å². The highest BCUT2D eigenvalue weighted by atomic mass is 16.5. The molecule has 0 spiro atoms. The molecule has 1 unspecified atom stereocenters. The van der Waals surface area contributed by atoms with E-state index >= 15 is 0 Å². The van der Waals surface area contributed by atoms with E-state index < -0.39 is 0 Å². The van der Waals surface area contributed by atoms with Gasteiger partial charge in [-0.15, -0.1) is 0 Å². The Morgan fingerprint density at radius 1 is 1.47 bits per heavy atom. The summed E-state index contributed by atoms with van der Waals surface area (Å²) < 4.78 is 4.87. The van der Waals surface area contributed by atoms with Gasteiger partial charge in [-0.1, -0.05) is 38.3 Å². The van der Waals surface area contributed by atoms with E-state index in [1.165, 1.54) is 38.5 Å². The predicted octanol–water partition coefficient (Wildman–Crippen LogP) is 3.39. The first kappa shape index (κ1) is 10.7. The van der Waals surface area contributed by atoms with E-state index in [4.69, 9.17) is 4.52 Å². The Balaban J connectivity index is 2.12. The number of rotatable bonds is 3. The summed E-state index contributed by atoms with van der Waals surface area (Å²) in [6.07, 6.45) is 7.94. The van der Waals surface area contributed by atoms with Gasteiger partial charge in [0.2, 0.25) is 6.39 Å². The Labute approximate surface area is 91.3 Å². The van der Waals surface area contributed by atoms with Crippen LogP contribution in [-0.2, 0) is 0 Å². The highest BCUT2D eigenvalue weighted by molar-refractivity contribution is 4.98. The summed E-state index contributed by atoms with van der Waals surface area (Å²) in [5.74, 6) is 2.99. The van der Waals surface area contributed by atoms with E-state index in [1.807, 2.05) is 0 Å². The maximum atomic E-state index is 4.87. The van der Waals surface area contributed by atoms with Crippen LogP contribution in [0.15, 0.2) is 10.9 Å². The molecule has 2 rings (SSSR count). The van der Waals surface area contributed by atoms with Crippen molar-refractivity contribution in [3.05, 3.63) is 12.2 Å². The molecule has 1 aromatic heterocycles. The number of aromatic nitrogens is 2. The largest absolute Gasteiger partial charge is 0.343 e. The van der Waals surface area contributed by atoms with Crippen LogP contribution in [0.3, 0.4) is 0 Å². The van der Waals surface area contributed by atoms with Crippen LogP contribution in [0.25, 0.3) is 0 Å². The SMILES string of the molecule is CC[C@H](C)[C@@H]1CCCCC1c1ncon1. The van der Waals surface area contributed by atoms with Crippen molar-refractivity contribution in [3.63, 3.8) is 0 Å². The maximum Gasteiger partial charge on any atom is 0.213 e. The summed E-state index contributed by atoms with van der Waals surface area (Å²) in [7, 11) is 0. The van der Waals surface area contributed by atoms with Crippen LogP contribution in [0, 0.1) is 11.8 Å². The number of nitrogens with zero attached hydrogens (tertiary/aromatic N) is 2. The molecule has 1 aromatic rings. The van der Waals surface area contributed by atoms with Crippen LogP contribution < -0.4 is 0 Å². The fourth-order valence-corrected chi connectivity index (χ4v) is 2.81. The zero-order chi connectivity index (χ0) is 10.7.